The van der Waals surface area contributed by atoms with Gasteiger partial charge in [0.2, 0.25) is 0 Å². The first-order valence-corrected chi connectivity index (χ1v) is 17.2. The van der Waals surface area contributed by atoms with E-state index in [0.717, 1.165) is 5.69 Å². The van der Waals surface area contributed by atoms with Gasteiger partial charge in [0.25, 0.3) is 0 Å². The van der Waals surface area contributed by atoms with Crippen LogP contribution in [0.2, 0.25) is 0 Å². The minimum absolute atomic E-state index is 1.13. The fourth-order valence-corrected chi connectivity index (χ4v) is 8.01. The zero-order valence-corrected chi connectivity index (χ0v) is 27.1. The van der Waals surface area contributed by atoms with Crippen LogP contribution < -0.4 is 4.90 Å². The van der Waals surface area contributed by atoms with Crippen LogP contribution in [0.1, 0.15) is 0 Å². The predicted molar refractivity (Wildman–Crippen MR) is 208 cm³/mol. The average molecular weight is 630 g/mol. The van der Waals surface area contributed by atoms with E-state index in [0.29, 0.717) is 0 Å². The molecule has 0 radical (unpaired) electrons. The van der Waals surface area contributed by atoms with Crippen LogP contribution in [-0.4, -0.2) is 0 Å². The highest BCUT2D eigenvalue weighted by Gasteiger charge is 2.20. The van der Waals surface area contributed by atoms with Crippen LogP contribution in [0, 0.1) is 0 Å². The van der Waals surface area contributed by atoms with Crippen molar-refractivity contribution in [2.75, 3.05) is 4.90 Å². The Morgan fingerprint density at radius 2 is 0.854 bits per heavy atom. The van der Waals surface area contributed by atoms with Gasteiger partial charge < -0.3 is 4.90 Å². The lowest BCUT2D eigenvalue weighted by Crippen LogP contribution is -2.10. The van der Waals surface area contributed by atoms with E-state index in [1.54, 1.807) is 0 Å². The molecule has 9 rings (SSSR count). The van der Waals surface area contributed by atoms with Crippen molar-refractivity contribution >= 4 is 59.3 Å². The van der Waals surface area contributed by atoms with Crippen molar-refractivity contribution in [3.63, 3.8) is 0 Å². The van der Waals surface area contributed by atoms with Gasteiger partial charge in [-0.1, -0.05) is 146 Å². The molecule has 9 aromatic rings. The molecule has 0 aliphatic heterocycles. The summed E-state index contributed by atoms with van der Waals surface area (Å²) in [7, 11) is 0. The maximum Gasteiger partial charge on any atom is 0.0555 e. The third-order valence-corrected chi connectivity index (χ3v) is 10.4. The quantitative estimate of drug-likeness (QED) is 0.177. The molecule has 0 aliphatic carbocycles. The van der Waals surface area contributed by atoms with E-state index in [1.807, 2.05) is 11.3 Å². The Bertz CT molecular complexity index is 2530. The number of fused-ring (bicyclic) bond motifs is 4. The van der Waals surface area contributed by atoms with E-state index in [4.69, 9.17) is 0 Å². The number of thiophene rings is 1. The van der Waals surface area contributed by atoms with Gasteiger partial charge in [-0.15, -0.1) is 11.3 Å². The first kappa shape index (κ1) is 28.3. The molecule has 0 fully saturated rings. The number of benzene rings is 8. The lowest BCUT2D eigenvalue weighted by molar-refractivity contribution is 1.32. The third-order valence-electron chi connectivity index (χ3n) is 9.28. The summed E-state index contributed by atoms with van der Waals surface area (Å²) in [6.45, 7) is 0. The summed E-state index contributed by atoms with van der Waals surface area (Å²) in [5.41, 5.74) is 10.8. The van der Waals surface area contributed by atoms with Gasteiger partial charge in [-0.25, -0.2) is 0 Å². The van der Waals surface area contributed by atoms with Crippen molar-refractivity contribution in [2.45, 2.75) is 0 Å². The van der Waals surface area contributed by atoms with Crippen molar-refractivity contribution in [1.82, 2.24) is 0 Å². The molecule has 1 nitrogen and oxygen atoms in total. The van der Waals surface area contributed by atoms with Crippen molar-refractivity contribution in [2.24, 2.45) is 0 Å². The first-order chi connectivity index (χ1) is 23.8. The molecule has 226 valence electrons. The molecule has 0 unspecified atom stereocenters. The Morgan fingerprint density at radius 1 is 0.333 bits per heavy atom. The van der Waals surface area contributed by atoms with Crippen molar-refractivity contribution in [3.05, 3.63) is 188 Å². The Kier molecular flexibility index (Phi) is 7.07. The van der Waals surface area contributed by atoms with Crippen molar-refractivity contribution in [1.29, 1.82) is 0 Å². The van der Waals surface area contributed by atoms with Gasteiger partial charge in [0.15, 0.2) is 0 Å². The van der Waals surface area contributed by atoms with Crippen molar-refractivity contribution in [3.8, 4) is 33.4 Å². The smallest absolute Gasteiger partial charge is 0.0555 e. The zero-order chi connectivity index (χ0) is 31.9. The normalized spacial score (nSPS) is 11.3. The van der Waals surface area contributed by atoms with Crippen LogP contribution in [-0.2, 0) is 0 Å². The second-order valence-electron chi connectivity index (χ2n) is 12.2. The number of rotatable bonds is 6. The maximum atomic E-state index is 2.45. The fraction of sp³-hybridized carbons (Fsp3) is 0. The van der Waals surface area contributed by atoms with Gasteiger partial charge in [0, 0.05) is 31.2 Å². The molecule has 2 heteroatoms. The van der Waals surface area contributed by atoms with E-state index in [9.17, 15) is 0 Å². The van der Waals surface area contributed by atoms with Crippen LogP contribution in [0.3, 0.4) is 0 Å². The van der Waals surface area contributed by atoms with E-state index >= 15 is 0 Å². The molecule has 0 saturated heterocycles. The molecule has 1 aromatic heterocycles. The number of hydrogen-bond acceptors (Lipinski definition) is 2. The monoisotopic (exact) mass is 629 g/mol. The highest BCUT2D eigenvalue weighted by molar-refractivity contribution is 7.26. The predicted octanol–water partition coefficient (Wildman–Crippen LogP) is 13.7. The number of nitrogens with zero attached hydrogens (tertiary/aromatic N) is 1. The molecule has 0 bridgehead atoms. The van der Waals surface area contributed by atoms with Crippen molar-refractivity contribution < 1.29 is 0 Å². The molecule has 0 N–H and O–H groups in total. The van der Waals surface area contributed by atoms with E-state index in [2.05, 4.69) is 193 Å². The Labute approximate surface area is 284 Å². The summed E-state index contributed by atoms with van der Waals surface area (Å²) in [5, 5.41) is 5.02. The summed E-state index contributed by atoms with van der Waals surface area (Å²) in [5.74, 6) is 0. The fourth-order valence-electron chi connectivity index (χ4n) is 6.90. The molecule has 0 aliphatic rings. The summed E-state index contributed by atoms with van der Waals surface area (Å²) < 4.78 is 2.58. The lowest BCUT2D eigenvalue weighted by atomic mass is 9.99. The highest BCUT2D eigenvalue weighted by atomic mass is 32.1. The van der Waals surface area contributed by atoms with Crippen LogP contribution in [0.15, 0.2) is 188 Å². The molecule has 1 heterocycles. The Morgan fingerprint density at radius 3 is 1.56 bits per heavy atom. The SMILES string of the molecule is c1ccc(-c2ccc(-c3ccc(N(c4cccc5ccccc45)c4cccc5sc6ccc(-c7ccccc7)cc6c45)cc3)cc2)cc1. The van der Waals surface area contributed by atoms with Gasteiger partial charge in [0.1, 0.15) is 0 Å². The summed E-state index contributed by atoms with van der Waals surface area (Å²) >= 11 is 1.86. The maximum absolute atomic E-state index is 2.45. The summed E-state index contributed by atoms with van der Waals surface area (Å²) in [4.78, 5) is 2.45. The minimum atomic E-state index is 1.13. The standard InChI is InChI=1S/C46H31NS/c1-3-11-32(12-4-1)34-21-23-35(24-22-34)36-25-28-39(29-26-36)47(42-18-9-16-37-15-7-8-17-40(37)42)43-19-10-20-45-46(43)41-31-38(27-30-44(41)48-45)33-13-5-2-6-14-33/h1-31H. The third kappa shape index (κ3) is 5.04. The van der Waals surface area contributed by atoms with Gasteiger partial charge >= 0.3 is 0 Å². The molecule has 0 amide bonds. The van der Waals surface area contributed by atoms with Gasteiger partial charge in [0.05, 0.1) is 11.4 Å². The van der Waals surface area contributed by atoms with E-state index in [1.165, 1.54) is 75.7 Å². The second-order valence-corrected chi connectivity index (χ2v) is 13.2. The minimum Gasteiger partial charge on any atom is -0.309 e. The molecular weight excluding hydrogens is 599 g/mol. The summed E-state index contributed by atoms with van der Waals surface area (Å²) in [6, 6.07) is 68.1. The molecule has 0 spiro atoms. The van der Waals surface area contributed by atoms with Crippen LogP contribution in [0.4, 0.5) is 17.1 Å². The van der Waals surface area contributed by atoms with E-state index < -0.39 is 0 Å². The van der Waals surface area contributed by atoms with Crippen LogP contribution >= 0.6 is 11.3 Å². The molecule has 8 aromatic carbocycles. The van der Waals surface area contributed by atoms with Crippen LogP contribution in [0.5, 0.6) is 0 Å². The molecule has 0 saturated carbocycles. The first-order valence-electron chi connectivity index (χ1n) is 16.3. The van der Waals surface area contributed by atoms with Crippen LogP contribution in [0.25, 0.3) is 64.3 Å². The Balaban J connectivity index is 1.21. The largest absolute Gasteiger partial charge is 0.309 e. The molecular formula is C46H31NS. The number of anilines is 3. The zero-order valence-electron chi connectivity index (χ0n) is 26.3. The van der Waals surface area contributed by atoms with Gasteiger partial charge in [-0.2, -0.15) is 0 Å². The summed E-state index contributed by atoms with van der Waals surface area (Å²) in [6.07, 6.45) is 0. The second kappa shape index (κ2) is 12.0. The van der Waals surface area contributed by atoms with E-state index in [-0.39, 0.29) is 0 Å². The topological polar surface area (TPSA) is 3.24 Å². The Hall–Kier alpha value is -5.96. The highest BCUT2D eigenvalue weighted by Crippen LogP contribution is 2.47. The molecule has 0 atom stereocenters. The average Bonchev–Trinajstić information content (AvgIpc) is 3.55. The van der Waals surface area contributed by atoms with Gasteiger partial charge in [-0.3, -0.25) is 0 Å². The molecule has 48 heavy (non-hydrogen) atoms. The lowest BCUT2D eigenvalue weighted by Gasteiger charge is -2.28. The van der Waals surface area contributed by atoms with Gasteiger partial charge in [-0.05, 0) is 81.2 Å². The number of hydrogen-bond donors (Lipinski definition) is 0.